The molecule has 104 valence electrons. The Balaban J connectivity index is 2.85. The molecule has 1 N–H and O–H groups in total. The number of ether oxygens (including phenoxy) is 3. The van der Waals surface area contributed by atoms with Crippen molar-refractivity contribution in [2.45, 2.75) is 26.7 Å². The van der Waals surface area contributed by atoms with E-state index in [1.54, 1.807) is 0 Å². The first-order chi connectivity index (χ1) is 8.41. The summed E-state index contributed by atoms with van der Waals surface area (Å²) in [5.41, 5.74) is 2.83. The topological polar surface area (TPSA) is 49.0 Å². The smallest absolute Gasteiger partial charge is 0.0701 e. The molecule has 5 nitrogen and oxygen atoms in total. The quantitative estimate of drug-likeness (QED) is 0.372. The van der Waals surface area contributed by atoms with Crippen molar-refractivity contribution in [2.24, 2.45) is 0 Å². The minimum Gasteiger partial charge on any atom is -0.379 e. The fourth-order valence-electron chi connectivity index (χ4n) is 1.05. The third kappa shape index (κ3) is 15.8. The highest BCUT2D eigenvalue weighted by Crippen LogP contribution is 1.83. The zero-order chi connectivity index (χ0) is 12.6. The van der Waals surface area contributed by atoms with Gasteiger partial charge in [0.15, 0.2) is 0 Å². The molecule has 5 heteroatoms. The number of rotatable bonds is 14. The second kappa shape index (κ2) is 15.8. The monoisotopic (exact) mass is 249 g/mol. The number of nitrogens with one attached hydrogen (secondary N) is 1. The van der Waals surface area contributed by atoms with E-state index >= 15 is 0 Å². The predicted molar refractivity (Wildman–Crippen MR) is 67.0 cm³/mol. The Morgan fingerprint density at radius 1 is 0.647 bits per heavy atom. The highest BCUT2D eigenvalue weighted by atomic mass is 16.6. The lowest BCUT2D eigenvalue weighted by molar-refractivity contribution is -0.00273. The molecule has 0 saturated heterocycles. The van der Waals surface area contributed by atoms with Gasteiger partial charge in [-0.3, -0.25) is 0 Å². The Hall–Kier alpha value is -0.200. The Bertz CT molecular complexity index is 122. The van der Waals surface area contributed by atoms with Crippen LogP contribution in [0.4, 0.5) is 0 Å². The minimum atomic E-state index is 0.614. The molecule has 0 atom stereocenters. The van der Waals surface area contributed by atoms with Crippen molar-refractivity contribution in [1.29, 1.82) is 0 Å². The molecule has 0 radical (unpaired) electrons. The van der Waals surface area contributed by atoms with Crippen LogP contribution in [0, 0.1) is 0 Å². The van der Waals surface area contributed by atoms with Gasteiger partial charge in [-0.2, -0.15) is 0 Å². The van der Waals surface area contributed by atoms with E-state index in [9.17, 15) is 0 Å². The highest BCUT2D eigenvalue weighted by Gasteiger charge is 1.91. The molecule has 0 aromatic rings. The zero-order valence-electron chi connectivity index (χ0n) is 11.2. The van der Waals surface area contributed by atoms with E-state index in [2.05, 4.69) is 19.3 Å². The average molecular weight is 249 g/mol. The molecule has 0 amide bonds. The normalized spacial score (nSPS) is 10.9. The standard InChI is InChI=1S/C12H27NO4/c1-3-6-14-9-11-16-12-10-15-8-5-13-17-7-4-2/h13H,3-12H2,1-2H3. The molecule has 0 aromatic carbocycles. The van der Waals surface area contributed by atoms with Gasteiger partial charge in [-0.05, 0) is 12.8 Å². The Morgan fingerprint density at radius 3 is 1.76 bits per heavy atom. The van der Waals surface area contributed by atoms with Gasteiger partial charge in [0.2, 0.25) is 0 Å². The van der Waals surface area contributed by atoms with Gasteiger partial charge in [0, 0.05) is 13.2 Å². The van der Waals surface area contributed by atoms with E-state index in [0.717, 1.165) is 26.1 Å². The van der Waals surface area contributed by atoms with E-state index in [1.165, 1.54) is 0 Å². The number of hydrogen-bond acceptors (Lipinski definition) is 5. The second-order valence-electron chi connectivity index (χ2n) is 3.58. The third-order valence-electron chi connectivity index (χ3n) is 1.85. The molecule has 17 heavy (non-hydrogen) atoms. The van der Waals surface area contributed by atoms with Crippen LogP contribution in [0.3, 0.4) is 0 Å². The molecule has 0 bridgehead atoms. The molecular weight excluding hydrogens is 222 g/mol. The second-order valence-corrected chi connectivity index (χ2v) is 3.58. The van der Waals surface area contributed by atoms with Crippen LogP contribution in [0.15, 0.2) is 0 Å². The fourth-order valence-corrected chi connectivity index (χ4v) is 1.05. The molecule has 0 rings (SSSR count). The van der Waals surface area contributed by atoms with Gasteiger partial charge in [-0.15, -0.1) is 0 Å². The van der Waals surface area contributed by atoms with E-state index in [0.29, 0.717) is 39.6 Å². The summed E-state index contributed by atoms with van der Waals surface area (Å²) < 4.78 is 15.9. The number of hydroxylamine groups is 1. The number of hydrogen-bond donors (Lipinski definition) is 1. The van der Waals surface area contributed by atoms with E-state index < -0.39 is 0 Å². The highest BCUT2D eigenvalue weighted by molar-refractivity contribution is 4.36. The summed E-state index contributed by atoms with van der Waals surface area (Å²) in [6.45, 7) is 9.59. The molecule has 0 aliphatic heterocycles. The van der Waals surface area contributed by atoms with Gasteiger partial charge in [0.1, 0.15) is 0 Å². The fraction of sp³-hybridized carbons (Fsp3) is 1.00. The van der Waals surface area contributed by atoms with Gasteiger partial charge in [-0.25, -0.2) is 5.48 Å². The third-order valence-corrected chi connectivity index (χ3v) is 1.85. The molecule has 0 fully saturated rings. The van der Waals surface area contributed by atoms with Crippen molar-refractivity contribution >= 4 is 0 Å². The maximum absolute atomic E-state index is 5.33. The van der Waals surface area contributed by atoms with Crippen LogP contribution in [-0.4, -0.2) is 52.8 Å². The summed E-state index contributed by atoms with van der Waals surface area (Å²) in [7, 11) is 0. The van der Waals surface area contributed by atoms with Crippen molar-refractivity contribution in [3.8, 4) is 0 Å². The van der Waals surface area contributed by atoms with Crippen LogP contribution in [0.1, 0.15) is 26.7 Å². The molecular formula is C12H27NO4. The first-order valence-corrected chi connectivity index (χ1v) is 6.49. The summed E-state index contributed by atoms with van der Waals surface area (Å²) in [4.78, 5) is 5.09. The summed E-state index contributed by atoms with van der Waals surface area (Å²) in [5, 5.41) is 0. The lowest BCUT2D eigenvalue weighted by atomic mass is 10.5. The first kappa shape index (κ1) is 16.8. The maximum Gasteiger partial charge on any atom is 0.0701 e. The molecule has 0 heterocycles. The van der Waals surface area contributed by atoms with Crippen molar-refractivity contribution in [2.75, 3.05) is 52.8 Å². The Kier molecular flexibility index (Phi) is 15.6. The summed E-state index contributed by atoms with van der Waals surface area (Å²) in [6.07, 6.45) is 2.07. The molecule has 0 unspecified atom stereocenters. The molecule has 0 saturated carbocycles. The van der Waals surface area contributed by atoms with Crippen LogP contribution in [0.25, 0.3) is 0 Å². The summed E-state index contributed by atoms with van der Waals surface area (Å²) >= 11 is 0. The Labute approximate surface area is 105 Å². The molecule has 0 aromatic heterocycles. The first-order valence-electron chi connectivity index (χ1n) is 6.49. The molecule has 0 aliphatic rings. The lowest BCUT2D eigenvalue weighted by Gasteiger charge is -2.07. The van der Waals surface area contributed by atoms with Crippen molar-refractivity contribution in [3.63, 3.8) is 0 Å². The maximum atomic E-state index is 5.33. The van der Waals surface area contributed by atoms with Crippen molar-refractivity contribution < 1.29 is 19.0 Å². The van der Waals surface area contributed by atoms with Crippen molar-refractivity contribution in [3.05, 3.63) is 0 Å². The van der Waals surface area contributed by atoms with Crippen LogP contribution < -0.4 is 5.48 Å². The minimum absolute atomic E-state index is 0.614. The SMILES string of the molecule is CCCOCCOCCOCCNOCCC. The van der Waals surface area contributed by atoms with Crippen LogP contribution >= 0.6 is 0 Å². The largest absolute Gasteiger partial charge is 0.379 e. The summed E-state index contributed by atoms with van der Waals surface area (Å²) in [5.74, 6) is 0. The average Bonchev–Trinajstić information content (AvgIpc) is 2.35. The van der Waals surface area contributed by atoms with Crippen LogP contribution in [-0.2, 0) is 19.0 Å². The van der Waals surface area contributed by atoms with Crippen molar-refractivity contribution in [1.82, 2.24) is 5.48 Å². The van der Waals surface area contributed by atoms with Gasteiger partial charge < -0.3 is 19.0 Å². The van der Waals surface area contributed by atoms with Gasteiger partial charge in [-0.1, -0.05) is 13.8 Å². The van der Waals surface area contributed by atoms with E-state index in [-0.39, 0.29) is 0 Å². The van der Waals surface area contributed by atoms with Crippen LogP contribution in [0.5, 0.6) is 0 Å². The van der Waals surface area contributed by atoms with Gasteiger partial charge in [0.05, 0.1) is 39.6 Å². The van der Waals surface area contributed by atoms with Gasteiger partial charge in [0.25, 0.3) is 0 Å². The van der Waals surface area contributed by atoms with E-state index in [4.69, 9.17) is 19.0 Å². The van der Waals surface area contributed by atoms with E-state index in [1.807, 2.05) is 0 Å². The lowest BCUT2D eigenvalue weighted by Crippen LogP contribution is -2.21. The Morgan fingerprint density at radius 2 is 1.18 bits per heavy atom. The van der Waals surface area contributed by atoms with Crippen LogP contribution in [0.2, 0.25) is 0 Å². The van der Waals surface area contributed by atoms with Gasteiger partial charge >= 0.3 is 0 Å². The predicted octanol–water partition coefficient (Wildman–Crippen LogP) is 1.38. The molecule has 0 spiro atoms. The molecule has 0 aliphatic carbocycles. The summed E-state index contributed by atoms with van der Waals surface area (Å²) in [6, 6.07) is 0. The zero-order valence-corrected chi connectivity index (χ0v) is 11.2.